The van der Waals surface area contributed by atoms with Crippen LogP contribution in [-0.4, -0.2) is 20.5 Å². The third-order valence-corrected chi connectivity index (χ3v) is 2.67. The monoisotopic (exact) mass is 256 g/mol. The number of hydrogen-bond acceptors (Lipinski definition) is 4. The molecular weight excluding hydrogens is 249 g/mol. The van der Waals surface area contributed by atoms with E-state index in [0.717, 1.165) is 7.11 Å². The van der Waals surface area contributed by atoms with Crippen LogP contribution in [0.1, 0.15) is 12.0 Å². The van der Waals surface area contributed by atoms with E-state index in [2.05, 4.69) is 14.9 Å². The number of ether oxygens (including phenoxy) is 1. The second-order valence-corrected chi connectivity index (χ2v) is 4.21. The van der Waals surface area contributed by atoms with Gasteiger partial charge in [-0.3, -0.25) is 0 Å². The summed E-state index contributed by atoms with van der Waals surface area (Å²) >= 11 is 0. The van der Waals surface area contributed by atoms with Gasteiger partial charge in [0.2, 0.25) is 15.8 Å². The molecule has 0 aliphatic heterocycles. The van der Waals surface area contributed by atoms with Crippen LogP contribution in [0.4, 0.5) is 13.2 Å². The molecule has 0 radical (unpaired) electrons. The Morgan fingerprint density at radius 3 is 2.44 bits per heavy atom. The second-order valence-electron chi connectivity index (χ2n) is 2.71. The van der Waals surface area contributed by atoms with E-state index < -0.39 is 38.6 Å². The molecule has 0 saturated heterocycles. The Morgan fingerprint density at radius 2 is 2.06 bits per heavy atom. The summed E-state index contributed by atoms with van der Waals surface area (Å²) in [6, 6.07) is 0. The van der Waals surface area contributed by atoms with Gasteiger partial charge in [-0.1, -0.05) is 0 Å². The summed E-state index contributed by atoms with van der Waals surface area (Å²) in [7, 11) is -3.60. The molecule has 0 atom stereocenters. The van der Waals surface area contributed by atoms with Gasteiger partial charge in [0.05, 0.1) is 12.7 Å². The molecule has 0 aliphatic rings. The van der Waals surface area contributed by atoms with Gasteiger partial charge in [0, 0.05) is 6.20 Å². The maximum atomic E-state index is 13.4. The lowest BCUT2D eigenvalue weighted by atomic mass is 10.3. The van der Waals surface area contributed by atoms with Crippen molar-refractivity contribution >= 4 is 10.0 Å². The van der Waals surface area contributed by atoms with Gasteiger partial charge >= 0.3 is 0 Å². The van der Waals surface area contributed by atoms with Crippen LogP contribution in [0.25, 0.3) is 0 Å². The van der Waals surface area contributed by atoms with Crippen molar-refractivity contribution in [3.05, 3.63) is 17.6 Å². The van der Waals surface area contributed by atoms with Gasteiger partial charge in [0.25, 0.3) is 12.3 Å². The lowest BCUT2D eigenvalue weighted by Gasteiger charge is -2.09. The largest absolute Gasteiger partial charge is 0.479 e. The molecule has 16 heavy (non-hydrogen) atoms. The highest BCUT2D eigenvalue weighted by Crippen LogP contribution is 2.30. The van der Waals surface area contributed by atoms with Crippen molar-refractivity contribution < 1.29 is 26.3 Å². The lowest BCUT2D eigenvalue weighted by molar-refractivity contribution is 0.146. The molecule has 0 aliphatic carbocycles. The van der Waals surface area contributed by atoms with Gasteiger partial charge < -0.3 is 4.74 Å². The molecule has 0 unspecified atom stereocenters. The molecule has 0 amide bonds. The molecule has 9 heteroatoms. The highest BCUT2D eigenvalue weighted by atomic mass is 32.2. The lowest BCUT2D eigenvalue weighted by Crippen LogP contribution is -2.18. The summed E-state index contributed by atoms with van der Waals surface area (Å²) in [6.45, 7) is 0. The standard InChI is InChI=1S/C7H7F3N2O3S/c1-15-7-4(8)5(16(11,13)14)3(2-12-7)6(9)10/h2,6H,1H3,(H2,11,13,14). The second kappa shape index (κ2) is 4.26. The Kier molecular flexibility index (Phi) is 3.38. The minimum absolute atomic E-state index is 0.506. The third kappa shape index (κ3) is 2.25. The van der Waals surface area contributed by atoms with Crippen molar-refractivity contribution in [3.8, 4) is 5.88 Å². The van der Waals surface area contributed by atoms with E-state index in [1.54, 1.807) is 0 Å². The zero-order chi connectivity index (χ0) is 12.5. The number of halogens is 3. The van der Waals surface area contributed by atoms with Crippen molar-refractivity contribution in [2.24, 2.45) is 5.14 Å². The summed E-state index contributed by atoms with van der Waals surface area (Å²) < 4.78 is 64.5. The molecule has 1 aromatic rings. The van der Waals surface area contributed by atoms with E-state index in [9.17, 15) is 21.6 Å². The van der Waals surface area contributed by atoms with Gasteiger partial charge in [-0.15, -0.1) is 0 Å². The minimum atomic E-state index is -4.62. The highest BCUT2D eigenvalue weighted by molar-refractivity contribution is 7.89. The van der Waals surface area contributed by atoms with Crippen molar-refractivity contribution in [2.75, 3.05) is 7.11 Å². The molecule has 0 spiro atoms. The molecule has 0 fully saturated rings. The van der Waals surface area contributed by atoms with Crippen LogP contribution in [0.2, 0.25) is 0 Å². The maximum absolute atomic E-state index is 13.4. The molecule has 2 N–H and O–H groups in total. The van der Waals surface area contributed by atoms with Gasteiger partial charge in [-0.05, 0) is 0 Å². The highest BCUT2D eigenvalue weighted by Gasteiger charge is 2.28. The van der Waals surface area contributed by atoms with Gasteiger partial charge in [-0.25, -0.2) is 27.3 Å². The van der Waals surface area contributed by atoms with Crippen LogP contribution < -0.4 is 9.88 Å². The molecule has 0 aromatic carbocycles. The SMILES string of the molecule is COc1ncc(C(F)F)c(S(N)(=O)=O)c1F. The first-order valence-corrected chi connectivity index (χ1v) is 5.37. The van der Waals surface area contributed by atoms with Gasteiger partial charge in [0.15, 0.2) is 0 Å². The fourth-order valence-electron chi connectivity index (χ4n) is 1.05. The number of aromatic nitrogens is 1. The maximum Gasteiger partial charge on any atom is 0.266 e. The van der Waals surface area contributed by atoms with Crippen molar-refractivity contribution in [2.45, 2.75) is 11.3 Å². The van der Waals surface area contributed by atoms with Crippen LogP contribution in [0.3, 0.4) is 0 Å². The summed E-state index contributed by atoms with van der Waals surface area (Å²) in [5.74, 6) is -2.24. The number of methoxy groups -OCH3 is 1. The third-order valence-electron chi connectivity index (χ3n) is 1.68. The van der Waals surface area contributed by atoms with E-state index in [4.69, 9.17) is 0 Å². The summed E-state index contributed by atoms with van der Waals surface area (Å²) in [5, 5.41) is 4.64. The Morgan fingerprint density at radius 1 is 1.50 bits per heavy atom. The first kappa shape index (κ1) is 12.7. The summed E-state index contributed by atoms with van der Waals surface area (Å²) in [6.07, 6.45) is -2.70. The number of alkyl halides is 2. The molecule has 5 nitrogen and oxygen atoms in total. The Bertz CT molecular complexity index is 504. The first-order chi connectivity index (χ1) is 7.29. The fraction of sp³-hybridized carbons (Fsp3) is 0.286. The number of nitrogens with two attached hydrogens (primary N) is 1. The summed E-state index contributed by atoms with van der Waals surface area (Å²) in [5.41, 5.74) is -1.10. The number of nitrogens with zero attached hydrogens (tertiary/aromatic N) is 1. The minimum Gasteiger partial charge on any atom is -0.479 e. The Hall–Kier alpha value is -1.35. The molecular formula is C7H7F3N2O3S. The van der Waals surface area contributed by atoms with E-state index in [-0.39, 0.29) is 0 Å². The quantitative estimate of drug-likeness (QED) is 0.867. The smallest absolute Gasteiger partial charge is 0.266 e. The average molecular weight is 256 g/mol. The van der Waals surface area contributed by atoms with Crippen LogP contribution >= 0.6 is 0 Å². The zero-order valence-corrected chi connectivity index (χ0v) is 8.76. The number of rotatable bonds is 3. The summed E-state index contributed by atoms with van der Waals surface area (Å²) in [4.78, 5) is 1.90. The zero-order valence-electron chi connectivity index (χ0n) is 7.95. The molecule has 90 valence electrons. The van der Waals surface area contributed by atoms with E-state index >= 15 is 0 Å². The van der Waals surface area contributed by atoms with E-state index in [0.29, 0.717) is 6.20 Å². The Balaban J connectivity index is 3.63. The van der Waals surface area contributed by atoms with Crippen LogP contribution in [0.5, 0.6) is 5.88 Å². The Labute approximate surface area is 89.1 Å². The molecule has 0 saturated carbocycles. The van der Waals surface area contributed by atoms with Crippen molar-refractivity contribution in [1.29, 1.82) is 0 Å². The van der Waals surface area contributed by atoms with Crippen molar-refractivity contribution in [1.82, 2.24) is 4.98 Å². The molecule has 1 rings (SSSR count). The van der Waals surface area contributed by atoms with Crippen LogP contribution in [0, 0.1) is 5.82 Å². The molecule has 1 heterocycles. The topological polar surface area (TPSA) is 82.3 Å². The molecule has 1 aromatic heterocycles. The number of primary sulfonamides is 1. The van der Waals surface area contributed by atoms with Crippen LogP contribution in [-0.2, 0) is 10.0 Å². The number of pyridine rings is 1. The van der Waals surface area contributed by atoms with Crippen molar-refractivity contribution in [3.63, 3.8) is 0 Å². The number of hydrogen-bond donors (Lipinski definition) is 1. The van der Waals surface area contributed by atoms with E-state index in [1.165, 1.54) is 0 Å². The van der Waals surface area contributed by atoms with E-state index in [1.807, 2.05) is 0 Å². The van der Waals surface area contributed by atoms with Gasteiger partial charge in [0.1, 0.15) is 4.90 Å². The predicted molar refractivity (Wildman–Crippen MR) is 47.1 cm³/mol. The van der Waals surface area contributed by atoms with Gasteiger partial charge in [-0.2, -0.15) is 4.39 Å². The average Bonchev–Trinajstić information content (AvgIpc) is 2.14. The normalized spacial score (nSPS) is 11.9. The molecule has 0 bridgehead atoms. The fourth-order valence-corrected chi connectivity index (χ4v) is 1.86. The predicted octanol–water partition coefficient (Wildman–Crippen LogP) is 0.814. The number of sulfonamides is 1. The van der Waals surface area contributed by atoms with Crippen LogP contribution in [0.15, 0.2) is 11.1 Å². The first-order valence-electron chi connectivity index (χ1n) is 3.82.